The maximum Gasteiger partial charge on any atom is 0.420 e. The molecule has 0 bridgehead atoms. The molecule has 16 heavy (non-hydrogen) atoms. The van der Waals surface area contributed by atoms with E-state index >= 15 is 0 Å². The summed E-state index contributed by atoms with van der Waals surface area (Å²) in [6.07, 6.45) is -4.78. The van der Waals surface area contributed by atoms with Crippen LogP contribution in [0.4, 0.5) is 13.2 Å². The van der Waals surface area contributed by atoms with E-state index < -0.39 is 28.8 Å². The summed E-state index contributed by atoms with van der Waals surface area (Å²) < 4.78 is 37.8. The third kappa shape index (κ3) is 2.57. The minimum atomic E-state index is -4.78. The third-order valence-corrected chi connectivity index (χ3v) is 2.98. The number of carbonyl (C=O) groups excluding carboxylic acids is 1. The smallest absolute Gasteiger partial charge is 0.420 e. The summed E-state index contributed by atoms with van der Waals surface area (Å²) in [6, 6.07) is 2.22. The normalized spacial score (nSPS) is 11.6. The summed E-state index contributed by atoms with van der Waals surface area (Å²) in [5.74, 6) is -1.71. The van der Waals surface area contributed by atoms with Crippen LogP contribution in [0.15, 0.2) is 16.6 Å². The Bertz CT molecular complexity index is 429. The number of ketones is 1. The van der Waals surface area contributed by atoms with Gasteiger partial charge in [0.1, 0.15) is 11.3 Å². The Morgan fingerprint density at radius 2 is 1.94 bits per heavy atom. The highest BCUT2D eigenvalue weighted by molar-refractivity contribution is 9.10. The van der Waals surface area contributed by atoms with E-state index in [0.717, 1.165) is 6.07 Å². The van der Waals surface area contributed by atoms with Gasteiger partial charge in [-0.25, -0.2) is 0 Å². The van der Waals surface area contributed by atoms with Crippen molar-refractivity contribution < 1.29 is 23.1 Å². The van der Waals surface area contributed by atoms with Crippen molar-refractivity contribution in [3.05, 3.63) is 27.7 Å². The highest BCUT2D eigenvalue weighted by atomic mass is 79.9. The first kappa shape index (κ1) is 13.5. The number of benzene rings is 1. The number of carbonyl (C=O) groups is 1. The number of rotatable bonds is 2. The van der Waals surface area contributed by atoms with Crippen LogP contribution in [-0.4, -0.2) is 16.2 Å². The predicted molar refractivity (Wildman–Crippen MR) is 58.9 cm³/mol. The number of alkyl halides is 4. The minimum Gasteiger partial charge on any atom is -0.506 e. The van der Waals surface area contributed by atoms with Crippen molar-refractivity contribution in [3.63, 3.8) is 0 Å². The van der Waals surface area contributed by atoms with Gasteiger partial charge in [0.2, 0.25) is 0 Å². The number of aromatic hydroxyl groups is 1. The summed E-state index contributed by atoms with van der Waals surface area (Å²) in [4.78, 5) is 11.3. The van der Waals surface area contributed by atoms with Crippen LogP contribution in [-0.2, 0) is 6.18 Å². The van der Waals surface area contributed by atoms with Gasteiger partial charge in [0, 0.05) is 5.56 Å². The molecule has 0 spiro atoms. The molecule has 2 nitrogen and oxygen atoms in total. The Morgan fingerprint density at radius 1 is 1.38 bits per heavy atom. The van der Waals surface area contributed by atoms with Crippen molar-refractivity contribution in [2.75, 3.05) is 5.33 Å². The highest BCUT2D eigenvalue weighted by Crippen LogP contribution is 2.42. The number of phenolic OH excluding ortho intramolecular Hbond substituents is 1. The van der Waals surface area contributed by atoms with E-state index in [1.807, 2.05) is 0 Å². The molecule has 0 aliphatic carbocycles. The van der Waals surface area contributed by atoms with Crippen molar-refractivity contribution in [3.8, 4) is 5.75 Å². The van der Waals surface area contributed by atoms with Gasteiger partial charge >= 0.3 is 6.18 Å². The topological polar surface area (TPSA) is 37.3 Å². The summed E-state index contributed by atoms with van der Waals surface area (Å²) in [5.41, 5.74) is -1.86. The second-order valence-electron chi connectivity index (χ2n) is 2.87. The summed E-state index contributed by atoms with van der Waals surface area (Å²) >= 11 is 5.56. The fourth-order valence-electron chi connectivity index (χ4n) is 1.16. The van der Waals surface area contributed by atoms with E-state index in [2.05, 4.69) is 31.9 Å². The highest BCUT2D eigenvalue weighted by Gasteiger charge is 2.38. The fraction of sp³-hybridized carbons (Fsp3) is 0.222. The average molecular weight is 362 g/mol. The molecule has 0 saturated carbocycles. The molecule has 0 aromatic heterocycles. The molecule has 0 radical (unpaired) electrons. The van der Waals surface area contributed by atoms with Crippen LogP contribution in [0.25, 0.3) is 0 Å². The van der Waals surface area contributed by atoms with E-state index in [0.29, 0.717) is 0 Å². The lowest BCUT2D eigenvalue weighted by molar-refractivity contribution is -0.139. The monoisotopic (exact) mass is 360 g/mol. The Labute approximate surface area is 106 Å². The van der Waals surface area contributed by atoms with Gasteiger partial charge in [-0.3, -0.25) is 4.79 Å². The van der Waals surface area contributed by atoms with E-state index in [4.69, 9.17) is 0 Å². The van der Waals surface area contributed by atoms with Crippen molar-refractivity contribution in [1.29, 1.82) is 0 Å². The van der Waals surface area contributed by atoms with Crippen molar-refractivity contribution in [2.24, 2.45) is 0 Å². The standard InChI is InChI=1S/C9H5Br2F3O2/c10-3-6(15)4-1-2-5(11)8(16)7(4)9(12,13)14/h1-2,16H,3H2. The first-order chi connectivity index (χ1) is 7.29. The van der Waals surface area contributed by atoms with Crippen molar-refractivity contribution in [1.82, 2.24) is 0 Å². The largest absolute Gasteiger partial charge is 0.506 e. The fourth-order valence-corrected chi connectivity index (χ4v) is 1.79. The van der Waals surface area contributed by atoms with Crippen LogP contribution in [0.3, 0.4) is 0 Å². The summed E-state index contributed by atoms with van der Waals surface area (Å²) in [6.45, 7) is 0. The second-order valence-corrected chi connectivity index (χ2v) is 4.29. The van der Waals surface area contributed by atoms with Crippen LogP contribution < -0.4 is 0 Å². The molecule has 7 heteroatoms. The molecule has 0 amide bonds. The molecular weight excluding hydrogens is 357 g/mol. The molecule has 0 unspecified atom stereocenters. The molecule has 1 N–H and O–H groups in total. The van der Waals surface area contributed by atoms with Gasteiger partial charge in [-0.05, 0) is 28.1 Å². The van der Waals surface area contributed by atoms with Gasteiger partial charge in [0.15, 0.2) is 5.78 Å². The predicted octanol–water partition coefficient (Wildman–Crippen LogP) is 3.75. The second kappa shape index (κ2) is 4.75. The maximum atomic E-state index is 12.6. The Morgan fingerprint density at radius 3 is 2.38 bits per heavy atom. The zero-order valence-electron chi connectivity index (χ0n) is 7.61. The Kier molecular flexibility index (Phi) is 4.01. The number of Topliss-reactive ketones (excluding diaryl/α,β-unsaturated/α-hetero) is 1. The molecule has 1 rings (SSSR count). The van der Waals surface area contributed by atoms with Crippen LogP contribution in [0.2, 0.25) is 0 Å². The molecule has 0 heterocycles. The molecule has 0 saturated heterocycles. The molecule has 0 atom stereocenters. The van der Waals surface area contributed by atoms with Gasteiger partial charge in [-0.15, -0.1) is 0 Å². The number of hydrogen-bond acceptors (Lipinski definition) is 2. The summed E-state index contributed by atoms with van der Waals surface area (Å²) in [7, 11) is 0. The van der Waals surface area contributed by atoms with Crippen LogP contribution >= 0.6 is 31.9 Å². The van der Waals surface area contributed by atoms with E-state index in [1.54, 1.807) is 0 Å². The summed E-state index contributed by atoms with van der Waals surface area (Å²) in [5, 5.41) is 9.09. The van der Waals surface area contributed by atoms with Gasteiger partial charge in [-0.2, -0.15) is 13.2 Å². The molecule has 0 aliphatic heterocycles. The van der Waals surface area contributed by atoms with E-state index in [-0.39, 0.29) is 9.80 Å². The number of phenols is 1. The van der Waals surface area contributed by atoms with Crippen LogP contribution in [0, 0.1) is 0 Å². The molecule has 1 aromatic carbocycles. The Hall–Kier alpha value is -0.560. The number of halogens is 5. The Balaban J connectivity index is 3.52. The first-order valence-corrected chi connectivity index (χ1v) is 5.88. The lowest BCUT2D eigenvalue weighted by Gasteiger charge is -2.14. The van der Waals surface area contributed by atoms with E-state index in [9.17, 15) is 23.1 Å². The van der Waals surface area contributed by atoms with Crippen molar-refractivity contribution in [2.45, 2.75) is 6.18 Å². The lowest BCUT2D eigenvalue weighted by Crippen LogP contribution is -2.14. The molecular formula is C9H5Br2F3O2. The van der Waals surface area contributed by atoms with Crippen molar-refractivity contribution >= 4 is 37.6 Å². The zero-order chi connectivity index (χ0) is 12.5. The molecule has 0 aliphatic rings. The van der Waals surface area contributed by atoms with Gasteiger partial charge in [0.05, 0.1) is 9.80 Å². The van der Waals surface area contributed by atoms with Gasteiger partial charge in [-0.1, -0.05) is 15.9 Å². The van der Waals surface area contributed by atoms with Crippen LogP contribution in [0.5, 0.6) is 5.75 Å². The maximum absolute atomic E-state index is 12.6. The van der Waals surface area contributed by atoms with E-state index in [1.165, 1.54) is 6.07 Å². The molecule has 0 fully saturated rings. The lowest BCUT2D eigenvalue weighted by atomic mass is 10.0. The SMILES string of the molecule is O=C(CBr)c1ccc(Br)c(O)c1C(F)(F)F. The number of hydrogen-bond donors (Lipinski definition) is 1. The van der Waals surface area contributed by atoms with Crippen LogP contribution in [0.1, 0.15) is 15.9 Å². The zero-order valence-corrected chi connectivity index (χ0v) is 10.8. The van der Waals surface area contributed by atoms with Gasteiger partial charge < -0.3 is 5.11 Å². The molecule has 1 aromatic rings. The third-order valence-electron chi connectivity index (χ3n) is 1.83. The average Bonchev–Trinajstić information content (AvgIpc) is 2.18. The molecule has 88 valence electrons. The quantitative estimate of drug-likeness (QED) is 0.643. The first-order valence-electron chi connectivity index (χ1n) is 3.97. The van der Waals surface area contributed by atoms with Gasteiger partial charge in [0.25, 0.3) is 0 Å². The minimum absolute atomic E-state index is 0.106.